The van der Waals surface area contributed by atoms with Crippen molar-refractivity contribution in [2.45, 2.75) is 24.9 Å². The van der Waals surface area contributed by atoms with E-state index in [1.807, 2.05) is 36.5 Å². The average molecular weight is 388 g/mol. The number of aromatic nitrogens is 5. The van der Waals surface area contributed by atoms with Gasteiger partial charge in [0.1, 0.15) is 18.2 Å². The summed E-state index contributed by atoms with van der Waals surface area (Å²) in [5.41, 5.74) is 1.30. The van der Waals surface area contributed by atoms with Gasteiger partial charge in [0.15, 0.2) is 0 Å². The molecule has 142 valence electrons. The summed E-state index contributed by atoms with van der Waals surface area (Å²) < 4.78 is 3.50. The van der Waals surface area contributed by atoms with E-state index in [0.29, 0.717) is 6.54 Å². The van der Waals surface area contributed by atoms with Gasteiger partial charge < -0.3 is 10.6 Å². The Morgan fingerprint density at radius 3 is 2.78 bits per heavy atom. The standard InChI is InChI=1S/C18H21N7O.ClH/c26-17(18(5-8-19-9-6-18)25-10-2-7-22-25)21-12-15-3-1-4-16(11-15)24-14-20-13-23-24;/h1-4,7,10-11,13-14,19H,5-6,8-9,12H2,(H,21,26);1H. The number of rotatable bonds is 5. The number of hydrogen-bond donors (Lipinski definition) is 2. The number of carbonyl (C=O) groups is 1. The molecule has 1 fully saturated rings. The zero-order valence-electron chi connectivity index (χ0n) is 14.8. The quantitative estimate of drug-likeness (QED) is 0.688. The molecular weight excluding hydrogens is 366 g/mol. The Bertz CT molecular complexity index is 858. The highest BCUT2D eigenvalue weighted by Gasteiger charge is 2.41. The molecule has 4 rings (SSSR count). The summed E-state index contributed by atoms with van der Waals surface area (Å²) in [6.45, 7) is 2.06. The first-order valence-corrected chi connectivity index (χ1v) is 8.71. The minimum Gasteiger partial charge on any atom is -0.350 e. The van der Waals surface area contributed by atoms with Crippen LogP contribution in [0.2, 0.25) is 0 Å². The van der Waals surface area contributed by atoms with Gasteiger partial charge >= 0.3 is 0 Å². The van der Waals surface area contributed by atoms with E-state index in [1.54, 1.807) is 21.9 Å². The third-order valence-corrected chi connectivity index (χ3v) is 4.84. The van der Waals surface area contributed by atoms with E-state index < -0.39 is 5.54 Å². The van der Waals surface area contributed by atoms with Crippen LogP contribution < -0.4 is 10.6 Å². The number of piperidine rings is 1. The van der Waals surface area contributed by atoms with Crippen LogP contribution in [0.15, 0.2) is 55.4 Å². The highest BCUT2D eigenvalue weighted by molar-refractivity contribution is 5.85. The van der Waals surface area contributed by atoms with Gasteiger partial charge in [-0.05, 0) is 49.7 Å². The molecule has 0 atom stereocenters. The average Bonchev–Trinajstić information content (AvgIpc) is 3.41. The number of halogens is 1. The SMILES string of the molecule is Cl.O=C(NCc1cccc(-n2cncn2)c1)C1(n2cccn2)CCNCC1. The molecule has 0 aliphatic carbocycles. The fourth-order valence-electron chi connectivity index (χ4n) is 3.42. The maximum atomic E-state index is 13.1. The van der Waals surface area contributed by atoms with Crippen LogP contribution >= 0.6 is 12.4 Å². The zero-order chi connectivity index (χ0) is 17.8. The molecule has 0 saturated carbocycles. The second kappa shape index (κ2) is 8.32. The van der Waals surface area contributed by atoms with Gasteiger partial charge in [-0.25, -0.2) is 9.67 Å². The number of nitrogens with one attached hydrogen (secondary N) is 2. The lowest BCUT2D eigenvalue weighted by molar-refractivity contribution is -0.132. The van der Waals surface area contributed by atoms with Crippen LogP contribution in [0.25, 0.3) is 5.69 Å². The van der Waals surface area contributed by atoms with Crippen molar-refractivity contribution in [3.8, 4) is 5.69 Å². The third-order valence-electron chi connectivity index (χ3n) is 4.84. The molecule has 0 bridgehead atoms. The van der Waals surface area contributed by atoms with Crippen molar-refractivity contribution >= 4 is 18.3 Å². The third kappa shape index (κ3) is 3.86. The van der Waals surface area contributed by atoms with Gasteiger partial charge in [0, 0.05) is 18.9 Å². The first-order valence-electron chi connectivity index (χ1n) is 8.71. The molecule has 8 nitrogen and oxygen atoms in total. The molecule has 9 heteroatoms. The van der Waals surface area contributed by atoms with Crippen molar-refractivity contribution in [3.63, 3.8) is 0 Å². The zero-order valence-corrected chi connectivity index (χ0v) is 15.6. The minimum absolute atomic E-state index is 0. The van der Waals surface area contributed by atoms with Crippen LogP contribution in [0.1, 0.15) is 18.4 Å². The van der Waals surface area contributed by atoms with Gasteiger partial charge in [0.25, 0.3) is 0 Å². The van der Waals surface area contributed by atoms with Crippen molar-refractivity contribution in [2.24, 2.45) is 0 Å². The smallest absolute Gasteiger partial charge is 0.248 e. The van der Waals surface area contributed by atoms with E-state index in [4.69, 9.17) is 0 Å². The topological polar surface area (TPSA) is 89.7 Å². The second-order valence-corrected chi connectivity index (χ2v) is 6.42. The van der Waals surface area contributed by atoms with Crippen LogP contribution in [0, 0.1) is 0 Å². The normalized spacial score (nSPS) is 15.7. The fourth-order valence-corrected chi connectivity index (χ4v) is 3.42. The maximum absolute atomic E-state index is 13.1. The van der Waals surface area contributed by atoms with E-state index >= 15 is 0 Å². The summed E-state index contributed by atoms with van der Waals surface area (Å²) in [5.74, 6) is 0.00820. The van der Waals surface area contributed by atoms with E-state index in [2.05, 4.69) is 25.8 Å². The maximum Gasteiger partial charge on any atom is 0.248 e. The Morgan fingerprint density at radius 2 is 2.07 bits per heavy atom. The monoisotopic (exact) mass is 387 g/mol. The minimum atomic E-state index is -0.627. The van der Waals surface area contributed by atoms with E-state index in [9.17, 15) is 4.79 Å². The van der Waals surface area contributed by atoms with Crippen LogP contribution in [-0.4, -0.2) is 43.5 Å². The Hall–Kier alpha value is -2.71. The molecule has 0 radical (unpaired) electrons. The second-order valence-electron chi connectivity index (χ2n) is 6.42. The first kappa shape index (κ1) is 19.1. The summed E-state index contributed by atoms with van der Waals surface area (Å²) in [4.78, 5) is 17.0. The molecule has 1 aliphatic rings. The summed E-state index contributed by atoms with van der Waals surface area (Å²) in [6, 6.07) is 9.75. The van der Waals surface area contributed by atoms with Crippen molar-refractivity contribution in [1.29, 1.82) is 0 Å². The van der Waals surface area contributed by atoms with Gasteiger partial charge in [0.2, 0.25) is 5.91 Å². The molecule has 3 heterocycles. The van der Waals surface area contributed by atoms with Crippen LogP contribution in [-0.2, 0) is 16.9 Å². The summed E-state index contributed by atoms with van der Waals surface area (Å²) >= 11 is 0. The number of hydrogen-bond acceptors (Lipinski definition) is 5. The summed E-state index contributed by atoms with van der Waals surface area (Å²) in [6.07, 6.45) is 8.19. The molecular formula is C18H22ClN7O. The van der Waals surface area contributed by atoms with Crippen molar-refractivity contribution in [2.75, 3.05) is 13.1 Å². The number of amides is 1. The van der Waals surface area contributed by atoms with Gasteiger partial charge in [-0.15, -0.1) is 12.4 Å². The predicted octanol–water partition coefficient (Wildman–Crippen LogP) is 1.28. The fraction of sp³-hybridized carbons (Fsp3) is 0.333. The molecule has 1 saturated heterocycles. The predicted molar refractivity (Wildman–Crippen MR) is 103 cm³/mol. The lowest BCUT2D eigenvalue weighted by atomic mass is 9.87. The molecule has 1 amide bonds. The van der Waals surface area contributed by atoms with Gasteiger partial charge in [0.05, 0.1) is 5.69 Å². The summed E-state index contributed by atoms with van der Waals surface area (Å²) in [7, 11) is 0. The van der Waals surface area contributed by atoms with Crippen LogP contribution in [0.4, 0.5) is 0 Å². The van der Waals surface area contributed by atoms with E-state index in [0.717, 1.165) is 37.2 Å². The van der Waals surface area contributed by atoms with Gasteiger partial charge in [-0.1, -0.05) is 12.1 Å². The lowest BCUT2D eigenvalue weighted by Gasteiger charge is -2.36. The van der Waals surface area contributed by atoms with Gasteiger partial charge in [-0.2, -0.15) is 10.2 Å². The van der Waals surface area contributed by atoms with Crippen LogP contribution in [0.3, 0.4) is 0 Å². The molecule has 27 heavy (non-hydrogen) atoms. The number of nitrogens with zero attached hydrogens (tertiary/aromatic N) is 5. The molecule has 1 aliphatic heterocycles. The molecule has 1 aromatic carbocycles. The van der Waals surface area contributed by atoms with E-state index in [1.165, 1.54) is 6.33 Å². The number of benzene rings is 1. The first-order chi connectivity index (χ1) is 12.8. The molecule has 0 spiro atoms. The number of carbonyl (C=O) groups excluding carboxylic acids is 1. The molecule has 2 N–H and O–H groups in total. The Labute approximate surface area is 163 Å². The van der Waals surface area contributed by atoms with Crippen LogP contribution in [0.5, 0.6) is 0 Å². The van der Waals surface area contributed by atoms with E-state index in [-0.39, 0.29) is 18.3 Å². The van der Waals surface area contributed by atoms with Gasteiger partial charge in [-0.3, -0.25) is 9.48 Å². The Morgan fingerprint density at radius 1 is 1.22 bits per heavy atom. The van der Waals surface area contributed by atoms with Crippen molar-refractivity contribution < 1.29 is 4.79 Å². The lowest BCUT2D eigenvalue weighted by Crippen LogP contribution is -2.54. The Kier molecular flexibility index (Phi) is 5.88. The molecule has 3 aromatic rings. The largest absolute Gasteiger partial charge is 0.350 e. The van der Waals surface area contributed by atoms with Crippen molar-refractivity contribution in [3.05, 3.63) is 60.9 Å². The molecule has 2 aromatic heterocycles. The molecule has 0 unspecified atom stereocenters. The highest BCUT2D eigenvalue weighted by atomic mass is 35.5. The van der Waals surface area contributed by atoms with Crippen molar-refractivity contribution in [1.82, 2.24) is 35.2 Å². The highest BCUT2D eigenvalue weighted by Crippen LogP contribution is 2.27. The summed E-state index contributed by atoms with van der Waals surface area (Å²) in [5, 5.41) is 14.9. The Balaban J connectivity index is 0.00000210.